The topological polar surface area (TPSA) is 109 Å². The molecule has 0 fully saturated rings. The van der Waals surface area contributed by atoms with Gasteiger partial charge in [-0.15, -0.1) is 0 Å². The lowest BCUT2D eigenvalue weighted by Crippen LogP contribution is -2.20. The van der Waals surface area contributed by atoms with Gasteiger partial charge in [0.1, 0.15) is 5.75 Å². The Morgan fingerprint density at radius 3 is 2.64 bits per heavy atom. The van der Waals surface area contributed by atoms with Gasteiger partial charge < -0.3 is 25.1 Å². The number of aromatic amines is 2. The quantitative estimate of drug-likeness (QED) is 0.558. The lowest BCUT2D eigenvalue weighted by Gasteiger charge is -2.12. The average molecular weight is 381 g/mol. The van der Waals surface area contributed by atoms with Gasteiger partial charge in [-0.1, -0.05) is 0 Å². The summed E-state index contributed by atoms with van der Waals surface area (Å²) in [5.41, 5.74) is 4.86. The Kier molecular flexibility index (Phi) is 4.27. The molecule has 2 aromatic heterocycles. The Labute approximate surface area is 161 Å². The number of carboxylic acids is 1. The average Bonchev–Trinajstić information content (AvgIpc) is 2.79. The van der Waals surface area contributed by atoms with E-state index in [9.17, 15) is 19.8 Å². The highest BCUT2D eigenvalue weighted by Gasteiger charge is 2.26. The zero-order chi connectivity index (χ0) is 20.2. The van der Waals surface area contributed by atoms with E-state index in [0.29, 0.717) is 17.7 Å². The zero-order valence-electron chi connectivity index (χ0n) is 16.1. The number of aromatic carboxylic acids is 1. The van der Waals surface area contributed by atoms with E-state index >= 15 is 0 Å². The van der Waals surface area contributed by atoms with Gasteiger partial charge in [-0.05, 0) is 63.5 Å². The molecular formula is C21H23N3O4. The van der Waals surface area contributed by atoms with Crippen LogP contribution in [0.1, 0.15) is 39.2 Å². The number of benzene rings is 1. The predicted molar refractivity (Wildman–Crippen MR) is 107 cm³/mol. The summed E-state index contributed by atoms with van der Waals surface area (Å²) in [5.74, 6) is -1.84. The molecule has 28 heavy (non-hydrogen) atoms. The highest BCUT2D eigenvalue weighted by molar-refractivity contribution is 5.94. The Balaban J connectivity index is 1.98. The van der Waals surface area contributed by atoms with Crippen LogP contribution in [0.2, 0.25) is 0 Å². The number of hydrogen-bond acceptors (Lipinski definition) is 4. The minimum absolute atomic E-state index is 0.421. The fourth-order valence-electron chi connectivity index (χ4n) is 4.15. The first-order chi connectivity index (χ1) is 13.3. The van der Waals surface area contributed by atoms with Gasteiger partial charge in [0.05, 0.1) is 5.69 Å². The highest BCUT2D eigenvalue weighted by atomic mass is 16.4. The number of aromatic hydroxyl groups is 1. The molecule has 7 nitrogen and oxygen atoms in total. The molecule has 3 aromatic rings. The van der Waals surface area contributed by atoms with Crippen molar-refractivity contribution in [3.8, 4) is 17.0 Å². The van der Waals surface area contributed by atoms with Gasteiger partial charge in [-0.25, -0.2) is 4.79 Å². The Morgan fingerprint density at radius 2 is 1.96 bits per heavy atom. The van der Waals surface area contributed by atoms with Crippen LogP contribution < -0.4 is 5.56 Å². The van der Waals surface area contributed by atoms with E-state index in [1.165, 1.54) is 5.56 Å². The van der Waals surface area contributed by atoms with Gasteiger partial charge in [0, 0.05) is 34.3 Å². The molecule has 0 saturated carbocycles. The predicted octanol–water partition coefficient (Wildman–Crippen LogP) is 2.79. The molecule has 1 aliphatic carbocycles. The van der Waals surface area contributed by atoms with Crippen molar-refractivity contribution in [2.45, 2.75) is 32.7 Å². The Morgan fingerprint density at radius 1 is 1.21 bits per heavy atom. The molecule has 0 amide bonds. The van der Waals surface area contributed by atoms with Crippen molar-refractivity contribution in [3.63, 3.8) is 0 Å². The van der Waals surface area contributed by atoms with Crippen LogP contribution in [0.5, 0.6) is 5.75 Å². The first kappa shape index (κ1) is 18.3. The minimum Gasteiger partial charge on any atom is -0.506 e. The summed E-state index contributed by atoms with van der Waals surface area (Å²) in [6.07, 6.45) is 2.06. The summed E-state index contributed by atoms with van der Waals surface area (Å²) in [4.78, 5) is 32.0. The maximum absolute atomic E-state index is 12.3. The van der Waals surface area contributed by atoms with Crippen molar-refractivity contribution >= 4 is 16.9 Å². The fraction of sp³-hybridized carbons (Fsp3) is 0.333. The number of rotatable bonds is 3. The molecule has 0 atom stereocenters. The molecule has 0 unspecified atom stereocenters. The SMILES string of the molecule is Cc1c(CN(C)C)[nH]c2cc3c(cc12)CCCc1c-3[nH]c(=O)c(C(=O)O)c1O. The lowest BCUT2D eigenvalue weighted by molar-refractivity contribution is 0.0691. The number of pyridine rings is 1. The number of aromatic nitrogens is 2. The van der Waals surface area contributed by atoms with Gasteiger partial charge in [-0.3, -0.25) is 4.79 Å². The second-order valence-corrected chi connectivity index (χ2v) is 7.71. The summed E-state index contributed by atoms with van der Waals surface area (Å²) in [5, 5.41) is 20.9. The maximum Gasteiger partial charge on any atom is 0.345 e. The molecule has 1 aromatic carbocycles. The van der Waals surface area contributed by atoms with E-state index in [1.54, 1.807) is 0 Å². The van der Waals surface area contributed by atoms with E-state index in [4.69, 9.17) is 0 Å². The molecule has 0 aliphatic heterocycles. The number of nitrogens with zero attached hydrogens (tertiary/aromatic N) is 1. The van der Waals surface area contributed by atoms with Crippen molar-refractivity contribution in [3.05, 3.63) is 50.4 Å². The number of hydrogen-bond donors (Lipinski definition) is 4. The second-order valence-electron chi connectivity index (χ2n) is 7.71. The standard InChI is InChI=1S/C21H23N3O4/c1-10-13-7-11-5-4-6-12-18(23-20(26)17(19(12)25)21(27)28)14(11)8-15(13)22-16(10)9-24(2)3/h7-8,22H,4-6,9H2,1-3H3,(H,27,28)(H2,23,25,26). The molecule has 1 aliphatic rings. The Hall–Kier alpha value is -3.06. The van der Waals surface area contributed by atoms with Crippen LogP contribution >= 0.6 is 0 Å². The maximum atomic E-state index is 12.3. The van der Waals surface area contributed by atoms with Gasteiger partial charge in [-0.2, -0.15) is 0 Å². The smallest absolute Gasteiger partial charge is 0.345 e. The Bertz CT molecular complexity index is 1170. The number of nitrogens with one attached hydrogen (secondary N) is 2. The summed E-state index contributed by atoms with van der Waals surface area (Å²) in [7, 11) is 4.04. The van der Waals surface area contributed by atoms with E-state index in [2.05, 4.69) is 27.9 Å². The molecule has 7 heteroatoms. The third-order valence-electron chi connectivity index (χ3n) is 5.51. The van der Waals surface area contributed by atoms with E-state index in [-0.39, 0.29) is 0 Å². The van der Waals surface area contributed by atoms with Crippen molar-refractivity contribution < 1.29 is 15.0 Å². The largest absolute Gasteiger partial charge is 0.506 e. The summed E-state index contributed by atoms with van der Waals surface area (Å²) < 4.78 is 0. The number of fused-ring (bicyclic) bond motifs is 4. The molecule has 4 rings (SSSR count). The summed E-state index contributed by atoms with van der Waals surface area (Å²) in [6.45, 7) is 2.89. The molecular weight excluding hydrogens is 358 g/mol. The van der Waals surface area contributed by atoms with Crippen molar-refractivity contribution in [1.82, 2.24) is 14.9 Å². The van der Waals surface area contributed by atoms with Gasteiger partial charge in [0.15, 0.2) is 5.56 Å². The van der Waals surface area contributed by atoms with E-state index in [1.807, 2.05) is 20.2 Å². The molecule has 0 saturated heterocycles. The lowest BCUT2D eigenvalue weighted by atomic mass is 9.97. The molecule has 0 bridgehead atoms. The number of carbonyl (C=O) groups is 1. The van der Waals surface area contributed by atoms with Crippen LogP contribution in [0, 0.1) is 6.92 Å². The van der Waals surface area contributed by atoms with Crippen LogP contribution in [0.4, 0.5) is 0 Å². The van der Waals surface area contributed by atoms with Crippen LogP contribution in [0.25, 0.3) is 22.2 Å². The van der Waals surface area contributed by atoms with Crippen LogP contribution in [0.3, 0.4) is 0 Å². The van der Waals surface area contributed by atoms with Gasteiger partial charge >= 0.3 is 5.97 Å². The van der Waals surface area contributed by atoms with Gasteiger partial charge in [0.2, 0.25) is 0 Å². The van der Waals surface area contributed by atoms with Crippen molar-refractivity contribution in [1.29, 1.82) is 0 Å². The van der Waals surface area contributed by atoms with Gasteiger partial charge in [0.25, 0.3) is 5.56 Å². The second kappa shape index (κ2) is 6.53. The molecule has 4 N–H and O–H groups in total. The highest BCUT2D eigenvalue weighted by Crippen LogP contribution is 2.38. The molecule has 2 heterocycles. The van der Waals surface area contributed by atoms with Crippen LogP contribution in [0.15, 0.2) is 16.9 Å². The minimum atomic E-state index is -1.42. The third kappa shape index (κ3) is 2.79. The fourth-order valence-corrected chi connectivity index (χ4v) is 4.15. The normalized spacial score (nSPS) is 13.4. The van der Waals surface area contributed by atoms with E-state index < -0.39 is 22.8 Å². The number of aryl methyl sites for hydroxylation is 2. The first-order valence-electron chi connectivity index (χ1n) is 9.28. The molecule has 0 radical (unpaired) electrons. The van der Waals surface area contributed by atoms with Crippen LogP contribution in [-0.4, -0.2) is 45.1 Å². The van der Waals surface area contributed by atoms with Crippen molar-refractivity contribution in [2.75, 3.05) is 14.1 Å². The number of H-pyrrole nitrogens is 2. The van der Waals surface area contributed by atoms with E-state index in [0.717, 1.165) is 47.1 Å². The van der Waals surface area contributed by atoms with Crippen molar-refractivity contribution in [2.24, 2.45) is 0 Å². The first-order valence-corrected chi connectivity index (χ1v) is 9.28. The summed E-state index contributed by atoms with van der Waals surface area (Å²) >= 11 is 0. The monoisotopic (exact) mass is 381 g/mol. The van der Waals surface area contributed by atoms with Crippen LogP contribution in [-0.2, 0) is 19.4 Å². The molecule has 0 spiro atoms. The third-order valence-corrected chi connectivity index (χ3v) is 5.51. The zero-order valence-corrected chi connectivity index (χ0v) is 16.1. The molecule has 146 valence electrons. The summed E-state index contributed by atoms with van der Waals surface area (Å²) in [6, 6.07) is 4.14. The number of carboxylic acid groups (broad SMARTS) is 1.